The summed E-state index contributed by atoms with van der Waals surface area (Å²) >= 11 is 0. The number of hydrogen-bond acceptors (Lipinski definition) is 3. The van der Waals surface area contributed by atoms with Gasteiger partial charge in [-0.15, -0.1) is 0 Å². The average Bonchev–Trinajstić information content (AvgIpc) is 2.86. The summed E-state index contributed by atoms with van der Waals surface area (Å²) in [5.74, 6) is 1.02. The molecule has 0 fully saturated rings. The van der Waals surface area contributed by atoms with Crippen LogP contribution in [0.4, 0.5) is 0 Å². The maximum Gasteiger partial charge on any atom is 0.118 e. The molecule has 1 N–H and O–H groups in total. The lowest BCUT2D eigenvalue weighted by molar-refractivity contribution is 0.288. The highest BCUT2D eigenvalue weighted by atomic mass is 16.3. The molecule has 0 atom stereocenters. The van der Waals surface area contributed by atoms with E-state index in [1.807, 2.05) is 6.26 Å². The molecule has 3 nitrogen and oxygen atoms in total. The van der Waals surface area contributed by atoms with Gasteiger partial charge in [0.05, 0.1) is 12.8 Å². The van der Waals surface area contributed by atoms with Gasteiger partial charge in [-0.25, -0.2) is 0 Å². The summed E-state index contributed by atoms with van der Waals surface area (Å²) < 4.78 is 5.64. The SMILES string of the molecule is Cc1ccc(CN(C)Cc2cc(CNC(C)C)co2)cc1. The molecule has 0 saturated carbocycles. The van der Waals surface area contributed by atoms with Crippen molar-refractivity contribution in [2.45, 2.75) is 46.4 Å². The minimum Gasteiger partial charge on any atom is -0.468 e. The Labute approximate surface area is 128 Å². The summed E-state index contributed by atoms with van der Waals surface area (Å²) in [6.45, 7) is 9.04. The molecule has 1 aromatic heterocycles. The van der Waals surface area contributed by atoms with E-state index in [0.717, 1.165) is 25.4 Å². The Balaban J connectivity index is 1.84. The molecule has 0 spiro atoms. The van der Waals surface area contributed by atoms with Crippen molar-refractivity contribution in [1.29, 1.82) is 0 Å². The Hall–Kier alpha value is -1.58. The first-order valence-corrected chi connectivity index (χ1v) is 7.56. The van der Waals surface area contributed by atoms with Crippen molar-refractivity contribution < 1.29 is 4.42 Å². The lowest BCUT2D eigenvalue weighted by atomic mass is 10.1. The molecule has 0 saturated heterocycles. The van der Waals surface area contributed by atoms with Gasteiger partial charge in [-0.3, -0.25) is 4.90 Å². The number of aryl methyl sites for hydroxylation is 1. The zero-order chi connectivity index (χ0) is 15.2. The molecule has 0 aliphatic heterocycles. The van der Waals surface area contributed by atoms with Crippen LogP contribution in [-0.4, -0.2) is 18.0 Å². The topological polar surface area (TPSA) is 28.4 Å². The molecule has 3 heteroatoms. The van der Waals surface area contributed by atoms with Crippen LogP contribution in [0.15, 0.2) is 41.0 Å². The molecular weight excluding hydrogens is 260 g/mol. The Kier molecular flexibility index (Phi) is 5.59. The van der Waals surface area contributed by atoms with Crippen molar-refractivity contribution in [1.82, 2.24) is 10.2 Å². The van der Waals surface area contributed by atoms with Crippen LogP contribution < -0.4 is 5.32 Å². The number of hydrogen-bond donors (Lipinski definition) is 1. The van der Waals surface area contributed by atoms with Crippen LogP contribution in [0.5, 0.6) is 0 Å². The molecule has 0 unspecified atom stereocenters. The van der Waals surface area contributed by atoms with Crippen LogP contribution in [0, 0.1) is 6.92 Å². The van der Waals surface area contributed by atoms with Gasteiger partial charge in [0.2, 0.25) is 0 Å². The minimum atomic E-state index is 0.493. The van der Waals surface area contributed by atoms with Gasteiger partial charge in [0, 0.05) is 24.7 Å². The zero-order valence-electron chi connectivity index (χ0n) is 13.5. The predicted molar refractivity (Wildman–Crippen MR) is 87.0 cm³/mol. The summed E-state index contributed by atoms with van der Waals surface area (Å²) in [6, 6.07) is 11.3. The van der Waals surface area contributed by atoms with Crippen LogP contribution in [0.1, 0.15) is 36.3 Å². The van der Waals surface area contributed by atoms with E-state index in [-0.39, 0.29) is 0 Å². The van der Waals surface area contributed by atoms with Gasteiger partial charge in [-0.1, -0.05) is 43.7 Å². The van der Waals surface area contributed by atoms with Gasteiger partial charge < -0.3 is 9.73 Å². The third-order valence-electron chi connectivity index (χ3n) is 3.42. The predicted octanol–water partition coefficient (Wildman–Crippen LogP) is 3.72. The van der Waals surface area contributed by atoms with Gasteiger partial charge in [-0.05, 0) is 25.6 Å². The fourth-order valence-corrected chi connectivity index (χ4v) is 2.25. The maximum atomic E-state index is 5.64. The number of benzene rings is 1. The largest absolute Gasteiger partial charge is 0.468 e. The first-order chi connectivity index (χ1) is 10.0. The highest BCUT2D eigenvalue weighted by molar-refractivity contribution is 5.21. The van der Waals surface area contributed by atoms with Crippen molar-refractivity contribution in [3.8, 4) is 0 Å². The summed E-state index contributed by atoms with van der Waals surface area (Å²) in [4.78, 5) is 2.27. The first kappa shape index (κ1) is 15.8. The Morgan fingerprint density at radius 3 is 2.48 bits per heavy atom. The number of furan rings is 1. The van der Waals surface area contributed by atoms with E-state index in [1.54, 1.807) is 0 Å². The fourth-order valence-electron chi connectivity index (χ4n) is 2.25. The monoisotopic (exact) mass is 286 g/mol. The summed E-state index contributed by atoms with van der Waals surface area (Å²) in [6.07, 6.45) is 1.85. The smallest absolute Gasteiger partial charge is 0.118 e. The average molecular weight is 286 g/mol. The number of nitrogens with zero attached hydrogens (tertiary/aromatic N) is 1. The van der Waals surface area contributed by atoms with Gasteiger partial charge in [0.25, 0.3) is 0 Å². The highest BCUT2D eigenvalue weighted by Crippen LogP contribution is 2.12. The number of rotatable bonds is 7. The van der Waals surface area contributed by atoms with Gasteiger partial charge >= 0.3 is 0 Å². The van der Waals surface area contributed by atoms with E-state index in [2.05, 4.69) is 68.4 Å². The fraction of sp³-hybridized carbons (Fsp3) is 0.444. The van der Waals surface area contributed by atoms with Crippen LogP contribution in [-0.2, 0) is 19.6 Å². The normalized spacial score (nSPS) is 11.5. The van der Waals surface area contributed by atoms with E-state index in [9.17, 15) is 0 Å². The van der Waals surface area contributed by atoms with Crippen molar-refractivity contribution >= 4 is 0 Å². The Morgan fingerprint density at radius 1 is 1.10 bits per heavy atom. The van der Waals surface area contributed by atoms with Crippen molar-refractivity contribution in [3.05, 3.63) is 59.0 Å². The lowest BCUT2D eigenvalue weighted by Crippen LogP contribution is -2.21. The van der Waals surface area contributed by atoms with Crippen molar-refractivity contribution in [2.24, 2.45) is 0 Å². The summed E-state index contributed by atoms with van der Waals surface area (Å²) in [5.41, 5.74) is 3.84. The second-order valence-electron chi connectivity index (χ2n) is 6.11. The molecule has 0 amide bonds. The van der Waals surface area contributed by atoms with Crippen LogP contribution in [0.2, 0.25) is 0 Å². The summed E-state index contributed by atoms with van der Waals surface area (Å²) in [7, 11) is 2.12. The highest BCUT2D eigenvalue weighted by Gasteiger charge is 2.06. The zero-order valence-corrected chi connectivity index (χ0v) is 13.5. The molecule has 2 aromatic rings. The second kappa shape index (κ2) is 7.43. The Morgan fingerprint density at radius 2 is 1.81 bits per heavy atom. The van der Waals surface area contributed by atoms with E-state index < -0.39 is 0 Å². The van der Waals surface area contributed by atoms with Gasteiger partial charge in [-0.2, -0.15) is 0 Å². The molecule has 0 aliphatic rings. The molecule has 2 rings (SSSR count). The van der Waals surface area contributed by atoms with Gasteiger partial charge in [0.1, 0.15) is 5.76 Å². The summed E-state index contributed by atoms with van der Waals surface area (Å²) in [5, 5.41) is 3.40. The van der Waals surface area contributed by atoms with E-state index in [0.29, 0.717) is 6.04 Å². The molecule has 0 radical (unpaired) electrons. The first-order valence-electron chi connectivity index (χ1n) is 7.56. The van der Waals surface area contributed by atoms with E-state index in [4.69, 9.17) is 4.42 Å². The van der Waals surface area contributed by atoms with Crippen LogP contribution in [0.25, 0.3) is 0 Å². The molecular formula is C18H26N2O. The van der Waals surface area contributed by atoms with Crippen molar-refractivity contribution in [2.75, 3.05) is 7.05 Å². The molecule has 114 valence electrons. The molecule has 0 bridgehead atoms. The second-order valence-corrected chi connectivity index (χ2v) is 6.11. The van der Waals surface area contributed by atoms with E-state index in [1.165, 1.54) is 16.7 Å². The lowest BCUT2D eigenvalue weighted by Gasteiger charge is -2.15. The third kappa shape index (κ3) is 5.37. The molecule has 1 heterocycles. The van der Waals surface area contributed by atoms with Crippen molar-refractivity contribution in [3.63, 3.8) is 0 Å². The quantitative estimate of drug-likeness (QED) is 0.841. The molecule has 0 aliphatic carbocycles. The standard InChI is InChI=1S/C18H26N2O/c1-14(2)19-10-17-9-18(21-13-17)12-20(4)11-16-7-5-15(3)6-8-16/h5-9,13-14,19H,10-12H2,1-4H3. The van der Waals surface area contributed by atoms with Gasteiger partial charge in [0.15, 0.2) is 0 Å². The Bertz CT molecular complexity index is 543. The van der Waals surface area contributed by atoms with Crippen LogP contribution >= 0.6 is 0 Å². The number of nitrogens with one attached hydrogen (secondary N) is 1. The van der Waals surface area contributed by atoms with E-state index >= 15 is 0 Å². The molecule has 1 aromatic carbocycles. The minimum absolute atomic E-state index is 0.493. The van der Waals surface area contributed by atoms with Crippen LogP contribution in [0.3, 0.4) is 0 Å². The third-order valence-corrected chi connectivity index (χ3v) is 3.42. The molecule has 21 heavy (non-hydrogen) atoms. The maximum absolute atomic E-state index is 5.64.